The predicted octanol–water partition coefficient (Wildman–Crippen LogP) is 4.57. The number of carbonyl (C=O) groups excluding carboxylic acids is 2. The predicted molar refractivity (Wildman–Crippen MR) is 103 cm³/mol. The van der Waals surface area contributed by atoms with Gasteiger partial charge < -0.3 is 9.47 Å². The zero-order valence-corrected chi connectivity index (χ0v) is 16.7. The Bertz CT molecular complexity index is 668. The Morgan fingerprint density at radius 2 is 1.14 bits per heavy atom. The van der Waals surface area contributed by atoms with Crippen molar-refractivity contribution < 1.29 is 19.1 Å². The van der Waals surface area contributed by atoms with E-state index in [1.165, 1.54) is 63.5 Å². The molecular formula is C24H32O4. The van der Waals surface area contributed by atoms with E-state index in [-0.39, 0.29) is 23.1 Å². The van der Waals surface area contributed by atoms with Crippen molar-refractivity contribution in [1.82, 2.24) is 0 Å². The number of rotatable bonds is 4. The molecule has 4 heteroatoms. The molecule has 6 aliphatic carbocycles. The molecule has 152 valence electrons. The Morgan fingerprint density at radius 3 is 1.61 bits per heavy atom. The van der Waals surface area contributed by atoms with Gasteiger partial charge in [-0.15, -0.1) is 0 Å². The number of fused-ring (bicyclic) bond motifs is 10. The van der Waals surface area contributed by atoms with Gasteiger partial charge in [0.25, 0.3) is 0 Å². The molecule has 8 unspecified atom stereocenters. The van der Waals surface area contributed by atoms with Crippen LogP contribution in [-0.2, 0) is 19.1 Å². The van der Waals surface area contributed by atoms with E-state index in [1.54, 1.807) is 0 Å². The van der Waals surface area contributed by atoms with Crippen LogP contribution in [-0.4, -0.2) is 23.1 Å². The highest BCUT2D eigenvalue weighted by atomic mass is 16.6. The molecule has 0 aromatic rings. The molecule has 0 saturated heterocycles. The van der Waals surface area contributed by atoms with Gasteiger partial charge in [0, 0.05) is 24.0 Å². The van der Waals surface area contributed by atoms with Gasteiger partial charge in [0.05, 0.1) is 0 Å². The van der Waals surface area contributed by atoms with E-state index in [2.05, 4.69) is 0 Å². The van der Waals surface area contributed by atoms with Crippen molar-refractivity contribution in [1.29, 1.82) is 0 Å². The molecule has 0 radical (unpaired) electrons. The Morgan fingerprint density at radius 1 is 0.679 bits per heavy atom. The van der Waals surface area contributed by atoms with Crippen molar-refractivity contribution in [3.8, 4) is 0 Å². The van der Waals surface area contributed by atoms with Crippen molar-refractivity contribution in [2.24, 2.45) is 35.5 Å². The monoisotopic (exact) mass is 384 g/mol. The van der Waals surface area contributed by atoms with Crippen LogP contribution in [0.3, 0.4) is 0 Å². The second kappa shape index (κ2) is 6.09. The lowest BCUT2D eigenvalue weighted by atomic mass is 9.79. The maximum absolute atomic E-state index is 12.5. The Hall–Kier alpha value is -1.32. The summed E-state index contributed by atoms with van der Waals surface area (Å²) in [5.74, 6) is 3.47. The molecule has 0 heterocycles. The van der Waals surface area contributed by atoms with Gasteiger partial charge in [0.1, 0.15) is 11.2 Å². The van der Waals surface area contributed by atoms with E-state index in [1.807, 2.05) is 0 Å². The number of hydrogen-bond donors (Lipinski definition) is 0. The van der Waals surface area contributed by atoms with Gasteiger partial charge in [-0.3, -0.25) is 0 Å². The van der Waals surface area contributed by atoms with E-state index < -0.39 is 0 Å². The molecule has 6 fully saturated rings. The first-order chi connectivity index (χ1) is 13.6. The van der Waals surface area contributed by atoms with Crippen molar-refractivity contribution in [2.75, 3.05) is 0 Å². The lowest BCUT2D eigenvalue weighted by Gasteiger charge is -2.35. The third-order valence-corrected chi connectivity index (χ3v) is 9.76. The van der Waals surface area contributed by atoms with Gasteiger partial charge >= 0.3 is 11.9 Å². The molecule has 0 amide bonds. The third-order valence-electron chi connectivity index (χ3n) is 9.76. The lowest BCUT2D eigenvalue weighted by molar-refractivity contribution is -0.161. The fraction of sp³-hybridized carbons (Fsp3) is 0.833. The fourth-order valence-electron chi connectivity index (χ4n) is 8.91. The highest BCUT2D eigenvalue weighted by molar-refractivity contribution is 5.92. The largest absolute Gasteiger partial charge is 0.456 e. The van der Waals surface area contributed by atoms with Gasteiger partial charge in [-0.25, -0.2) is 9.59 Å². The quantitative estimate of drug-likeness (QED) is 0.526. The minimum Gasteiger partial charge on any atom is -0.456 e. The summed E-state index contributed by atoms with van der Waals surface area (Å²) in [5.41, 5.74) is -0.478. The number of esters is 2. The molecule has 0 aliphatic heterocycles. The van der Waals surface area contributed by atoms with E-state index in [9.17, 15) is 9.59 Å². The third kappa shape index (κ3) is 2.42. The summed E-state index contributed by atoms with van der Waals surface area (Å²) in [4.78, 5) is 25.1. The standard InChI is InChI=1S/C24H32O4/c25-21(27-23-11-9-15(13-23)17-3-1-5-19(17)23)7-8-22(26)28-24-12-10-16(14-24)18-4-2-6-20(18)24/h7-8,15-20H,1-6,9-14H2/b8-7-. The molecule has 0 aromatic heterocycles. The Labute approximate surface area is 167 Å². The summed E-state index contributed by atoms with van der Waals surface area (Å²) in [6, 6.07) is 0. The lowest BCUT2D eigenvalue weighted by Crippen LogP contribution is -2.39. The molecule has 8 atom stereocenters. The van der Waals surface area contributed by atoms with Crippen LogP contribution in [0, 0.1) is 35.5 Å². The molecule has 0 spiro atoms. The molecule has 4 nitrogen and oxygen atoms in total. The summed E-state index contributed by atoms with van der Waals surface area (Å²) in [7, 11) is 0. The second-order valence-electron chi connectivity index (χ2n) is 10.7. The summed E-state index contributed by atoms with van der Waals surface area (Å²) in [5, 5.41) is 0. The molecule has 0 aromatic carbocycles. The van der Waals surface area contributed by atoms with Crippen LogP contribution in [0.1, 0.15) is 77.0 Å². The first-order valence-corrected chi connectivity index (χ1v) is 11.7. The fourth-order valence-corrected chi connectivity index (χ4v) is 8.91. The second-order valence-corrected chi connectivity index (χ2v) is 10.7. The van der Waals surface area contributed by atoms with Crippen LogP contribution >= 0.6 is 0 Å². The van der Waals surface area contributed by atoms with Crippen molar-refractivity contribution in [3.63, 3.8) is 0 Å². The number of hydrogen-bond acceptors (Lipinski definition) is 4. The van der Waals surface area contributed by atoms with Gasteiger partial charge in [-0.2, -0.15) is 0 Å². The maximum atomic E-state index is 12.5. The summed E-state index contributed by atoms with van der Waals surface area (Å²) >= 11 is 0. The topological polar surface area (TPSA) is 52.6 Å². The zero-order valence-electron chi connectivity index (χ0n) is 16.7. The summed E-state index contributed by atoms with van der Waals surface area (Å²) in [6.07, 6.45) is 16.7. The SMILES string of the molecule is O=C(/C=C\C(=O)OC12CCC(C1)C1CCCC12)OC12CCC(C1)C1CCCC12. The smallest absolute Gasteiger partial charge is 0.331 e. The molecule has 6 saturated carbocycles. The van der Waals surface area contributed by atoms with E-state index >= 15 is 0 Å². The van der Waals surface area contributed by atoms with Crippen molar-refractivity contribution in [3.05, 3.63) is 12.2 Å². The van der Waals surface area contributed by atoms with E-state index in [0.717, 1.165) is 49.4 Å². The number of ether oxygens (including phenoxy) is 2. The minimum atomic E-state index is -0.350. The first-order valence-electron chi connectivity index (χ1n) is 11.7. The van der Waals surface area contributed by atoms with Gasteiger partial charge in [0.15, 0.2) is 0 Å². The zero-order chi connectivity index (χ0) is 18.9. The van der Waals surface area contributed by atoms with Crippen LogP contribution in [0.4, 0.5) is 0 Å². The molecule has 28 heavy (non-hydrogen) atoms. The first kappa shape index (κ1) is 17.5. The van der Waals surface area contributed by atoms with Crippen LogP contribution in [0.5, 0.6) is 0 Å². The minimum absolute atomic E-state index is 0.239. The number of carbonyl (C=O) groups is 2. The highest BCUT2D eigenvalue weighted by Gasteiger charge is 2.62. The molecular weight excluding hydrogens is 352 g/mol. The average molecular weight is 385 g/mol. The molecule has 4 bridgehead atoms. The van der Waals surface area contributed by atoms with Crippen molar-refractivity contribution >= 4 is 11.9 Å². The summed E-state index contributed by atoms with van der Waals surface area (Å²) in [6.45, 7) is 0. The van der Waals surface area contributed by atoms with Gasteiger partial charge in [-0.05, 0) is 87.9 Å². The van der Waals surface area contributed by atoms with Crippen LogP contribution in [0.25, 0.3) is 0 Å². The van der Waals surface area contributed by atoms with Crippen molar-refractivity contribution in [2.45, 2.75) is 88.3 Å². The normalized spacial score (nSPS) is 50.3. The molecule has 6 rings (SSSR count). The van der Waals surface area contributed by atoms with Gasteiger partial charge in [0.2, 0.25) is 0 Å². The van der Waals surface area contributed by atoms with E-state index in [0.29, 0.717) is 11.8 Å². The Balaban J connectivity index is 1.09. The highest BCUT2D eigenvalue weighted by Crippen LogP contribution is 2.63. The van der Waals surface area contributed by atoms with Crippen LogP contribution < -0.4 is 0 Å². The van der Waals surface area contributed by atoms with E-state index in [4.69, 9.17) is 9.47 Å². The molecule has 0 N–H and O–H groups in total. The average Bonchev–Trinajstić information content (AvgIpc) is 3.47. The van der Waals surface area contributed by atoms with Crippen LogP contribution in [0.2, 0.25) is 0 Å². The van der Waals surface area contributed by atoms with Gasteiger partial charge in [-0.1, -0.05) is 12.8 Å². The molecule has 6 aliphatic rings. The maximum Gasteiger partial charge on any atom is 0.331 e. The van der Waals surface area contributed by atoms with Crippen LogP contribution in [0.15, 0.2) is 12.2 Å². The Kier molecular flexibility index (Phi) is 3.81. The summed E-state index contributed by atoms with van der Waals surface area (Å²) < 4.78 is 12.0.